The number of carbonyl (C=O) groups is 1. The third-order valence-electron chi connectivity index (χ3n) is 3.65. The van der Waals surface area contributed by atoms with Crippen LogP contribution in [0.1, 0.15) is 44.5 Å². The lowest BCUT2D eigenvalue weighted by Gasteiger charge is -2.21. The van der Waals surface area contributed by atoms with E-state index in [9.17, 15) is 4.79 Å². The van der Waals surface area contributed by atoms with Gasteiger partial charge < -0.3 is 9.47 Å². The summed E-state index contributed by atoms with van der Waals surface area (Å²) in [5.41, 5.74) is 0. The standard InChI is InChI=1S/C13H23N5O/c1-11(13-16-15-10-17(13)2)14-9-12(19)18-7-5-3-4-6-8-18/h10-11,14H,3-9H2,1-2H3. The molecule has 19 heavy (non-hydrogen) atoms. The molecule has 106 valence electrons. The van der Waals surface area contributed by atoms with E-state index < -0.39 is 0 Å². The smallest absolute Gasteiger partial charge is 0.236 e. The van der Waals surface area contributed by atoms with Gasteiger partial charge in [0.05, 0.1) is 12.6 Å². The summed E-state index contributed by atoms with van der Waals surface area (Å²) in [5.74, 6) is 1.04. The number of hydrogen-bond donors (Lipinski definition) is 1. The first-order valence-corrected chi connectivity index (χ1v) is 7.03. The zero-order valence-electron chi connectivity index (χ0n) is 11.8. The third-order valence-corrected chi connectivity index (χ3v) is 3.65. The van der Waals surface area contributed by atoms with Gasteiger partial charge in [-0.05, 0) is 19.8 Å². The van der Waals surface area contributed by atoms with Crippen LogP contribution in [0.3, 0.4) is 0 Å². The first-order valence-electron chi connectivity index (χ1n) is 7.03. The Hall–Kier alpha value is -1.43. The van der Waals surface area contributed by atoms with Gasteiger partial charge in [-0.2, -0.15) is 0 Å². The zero-order valence-corrected chi connectivity index (χ0v) is 11.8. The molecule has 0 radical (unpaired) electrons. The number of amides is 1. The highest BCUT2D eigenvalue weighted by Crippen LogP contribution is 2.10. The van der Waals surface area contributed by atoms with Gasteiger partial charge in [0.15, 0.2) is 0 Å². The van der Waals surface area contributed by atoms with Crippen LogP contribution in [0, 0.1) is 0 Å². The number of nitrogens with one attached hydrogen (secondary N) is 1. The van der Waals surface area contributed by atoms with Crippen molar-refractivity contribution in [3.63, 3.8) is 0 Å². The molecule has 1 amide bonds. The fourth-order valence-corrected chi connectivity index (χ4v) is 2.45. The molecule has 1 unspecified atom stereocenters. The highest BCUT2D eigenvalue weighted by atomic mass is 16.2. The van der Waals surface area contributed by atoms with Crippen LogP contribution in [0.15, 0.2) is 6.33 Å². The molecule has 2 rings (SSSR count). The molecular formula is C13H23N5O. The minimum atomic E-state index is 0.0310. The lowest BCUT2D eigenvalue weighted by Crippen LogP contribution is -2.39. The molecule has 6 heteroatoms. The number of hydrogen-bond acceptors (Lipinski definition) is 4. The van der Waals surface area contributed by atoms with Gasteiger partial charge in [-0.15, -0.1) is 10.2 Å². The maximum Gasteiger partial charge on any atom is 0.236 e. The molecule has 0 spiro atoms. The van der Waals surface area contributed by atoms with Gasteiger partial charge in [0.25, 0.3) is 0 Å². The molecule has 0 aromatic carbocycles. The number of carbonyl (C=O) groups excluding carboxylic acids is 1. The second-order valence-electron chi connectivity index (χ2n) is 5.20. The summed E-state index contributed by atoms with van der Waals surface area (Å²) in [6, 6.07) is 0.0310. The second kappa shape index (κ2) is 6.65. The van der Waals surface area contributed by atoms with Crippen LogP contribution in [-0.2, 0) is 11.8 Å². The highest BCUT2D eigenvalue weighted by molar-refractivity contribution is 5.78. The number of rotatable bonds is 4. The van der Waals surface area contributed by atoms with E-state index in [1.54, 1.807) is 6.33 Å². The Kier molecular flexibility index (Phi) is 4.90. The highest BCUT2D eigenvalue weighted by Gasteiger charge is 2.17. The second-order valence-corrected chi connectivity index (χ2v) is 5.20. The van der Waals surface area contributed by atoms with E-state index in [-0.39, 0.29) is 11.9 Å². The molecule has 1 N–H and O–H groups in total. The number of aromatic nitrogens is 3. The van der Waals surface area contributed by atoms with E-state index in [0.717, 1.165) is 31.8 Å². The van der Waals surface area contributed by atoms with Crippen molar-refractivity contribution in [3.8, 4) is 0 Å². The van der Waals surface area contributed by atoms with Crippen molar-refractivity contribution in [3.05, 3.63) is 12.2 Å². The van der Waals surface area contributed by atoms with Crippen LogP contribution in [0.5, 0.6) is 0 Å². The van der Waals surface area contributed by atoms with Gasteiger partial charge in [0, 0.05) is 20.1 Å². The summed E-state index contributed by atoms with van der Waals surface area (Å²) < 4.78 is 1.87. The van der Waals surface area contributed by atoms with Crippen molar-refractivity contribution in [1.29, 1.82) is 0 Å². The van der Waals surface area contributed by atoms with E-state index in [4.69, 9.17) is 0 Å². The van der Waals surface area contributed by atoms with Crippen molar-refractivity contribution >= 4 is 5.91 Å². The van der Waals surface area contributed by atoms with Gasteiger partial charge >= 0.3 is 0 Å². The third kappa shape index (κ3) is 3.76. The molecule has 1 aliphatic heterocycles. The van der Waals surface area contributed by atoms with Gasteiger partial charge in [-0.3, -0.25) is 10.1 Å². The van der Waals surface area contributed by atoms with Gasteiger partial charge in [0.2, 0.25) is 5.91 Å². The van der Waals surface area contributed by atoms with Gasteiger partial charge in [0.1, 0.15) is 12.2 Å². The zero-order chi connectivity index (χ0) is 13.7. The predicted molar refractivity (Wildman–Crippen MR) is 72.5 cm³/mol. The average molecular weight is 265 g/mol. The Bertz CT molecular complexity index is 409. The molecule has 0 aliphatic carbocycles. The molecule has 2 heterocycles. The summed E-state index contributed by atoms with van der Waals surface area (Å²) in [6.07, 6.45) is 6.42. The average Bonchev–Trinajstić information content (AvgIpc) is 2.68. The van der Waals surface area contributed by atoms with Crippen LogP contribution in [0.2, 0.25) is 0 Å². The van der Waals surface area contributed by atoms with Crippen LogP contribution in [-0.4, -0.2) is 45.2 Å². The SMILES string of the molecule is CC(NCC(=O)N1CCCCCC1)c1nncn1C. The molecule has 1 aromatic rings. The van der Waals surface area contributed by atoms with Crippen LogP contribution >= 0.6 is 0 Å². The predicted octanol–water partition coefficient (Wildman–Crippen LogP) is 0.868. The summed E-state index contributed by atoms with van der Waals surface area (Å²) in [5, 5.41) is 11.1. The van der Waals surface area contributed by atoms with E-state index >= 15 is 0 Å². The van der Waals surface area contributed by atoms with Crippen molar-refractivity contribution in [2.24, 2.45) is 7.05 Å². The molecule has 1 fully saturated rings. The molecule has 6 nitrogen and oxygen atoms in total. The van der Waals surface area contributed by atoms with E-state index in [1.165, 1.54) is 12.8 Å². The van der Waals surface area contributed by atoms with Crippen molar-refractivity contribution in [2.45, 2.75) is 38.6 Å². The maximum absolute atomic E-state index is 12.1. The molecular weight excluding hydrogens is 242 g/mol. The van der Waals surface area contributed by atoms with Crippen molar-refractivity contribution in [1.82, 2.24) is 25.0 Å². The normalized spacial score (nSPS) is 18.1. The quantitative estimate of drug-likeness (QED) is 0.877. The van der Waals surface area contributed by atoms with Crippen molar-refractivity contribution < 1.29 is 4.79 Å². The molecule has 1 aromatic heterocycles. The monoisotopic (exact) mass is 265 g/mol. The Labute approximate surface area is 114 Å². The summed E-state index contributed by atoms with van der Waals surface area (Å²) in [6.45, 7) is 4.17. The topological polar surface area (TPSA) is 63.1 Å². The fourth-order valence-electron chi connectivity index (χ4n) is 2.45. The molecule has 0 saturated carbocycles. The van der Waals surface area contributed by atoms with E-state index in [1.807, 2.05) is 23.4 Å². The molecule has 0 bridgehead atoms. The molecule has 1 saturated heterocycles. The Morgan fingerprint density at radius 3 is 2.63 bits per heavy atom. The van der Waals surface area contributed by atoms with E-state index in [2.05, 4.69) is 15.5 Å². The first-order chi connectivity index (χ1) is 9.18. The summed E-state index contributed by atoms with van der Waals surface area (Å²) in [4.78, 5) is 14.1. The number of likely N-dealkylation sites (tertiary alicyclic amines) is 1. The van der Waals surface area contributed by atoms with Crippen LogP contribution < -0.4 is 5.32 Å². The summed E-state index contributed by atoms with van der Waals surface area (Å²) in [7, 11) is 1.91. The van der Waals surface area contributed by atoms with Crippen LogP contribution in [0.4, 0.5) is 0 Å². The van der Waals surface area contributed by atoms with Gasteiger partial charge in [-0.25, -0.2) is 0 Å². The minimum absolute atomic E-state index is 0.0310. The summed E-state index contributed by atoms with van der Waals surface area (Å²) >= 11 is 0. The Morgan fingerprint density at radius 1 is 1.37 bits per heavy atom. The lowest BCUT2D eigenvalue weighted by atomic mass is 10.2. The maximum atomic E-state index is 12.1. The van der Waals surface area contributed by atoms with Gasteiger partial charge in [-0.1, -0.05) is 12.8 Å². The minimum Gasteiger partial charge on any atom is -0.342 e. The largest absolute Gasteiger partial charge is 0.342 e. The van der Waals surface area contributed by atoms with E-state index in [0.29, 0.717) is 6.54 Å². The lowest BCUT2D eigenvalue weighted by molar-refractivity contribution is -0.130. The Balaban J connectivity index is 1.81. The fraction of sp³-hybridized carbons (Fsp3) is 0.769. The molecule has 1 atom stereocenters. The number of nitrogens with zero attached hydrogens (tertiary/aromatic N) is 4. The first kappa shape index (κ1) is 14.0. The van der Waals surface area contributed by atoms with Crippen molar-refractivity contribution in [2.75, 3.05) is 19.6 Å². The van der Waals surface area contributed by atoms with Crippen LogP contribution in [0.25, 0.3) is 0 Å². The number of aryl methyl sites for hydroxylation is 1. The Morgan fingerprint density at radius 2 is 2.05 bits per heavy atom. The molecule has 1 aliphatic rings.